The maximum Gasteiger partial charge on any atom is 0.130 e. The van der Waals surface area contributed by atoms with E-state index in [0.717, 1.165) is 30.6 Å². The van der Waals surface area contributed by atoms with Crippen molar-refractivity contribution >= 4 is 0 Å². The van der Waals surface area contributed by atoms with Gasteiger partial charge in [0, 0.05) is 6.42 Å². The van der Waals surface area contributed by atoms with Gasteiger partial charge in [-0.05, 0) is 18.9 Å². The van der Waals surface area contributed by atoms with Gasteiger partial charge in [-0.3, -0.25) is 0 Å². The third-order valence-corrected chi connectivity index (χ3v) is 1.73. The second-order valence-corrected chi connectivity index (χ2v) is 2.62. The largest absolute Gasteiger partial charge is 0.496 e. The van der Waals surface area contributed by atoms with E-state index >= 15 is 0 Å². The molecule has 64 valence electrons. The Morgan fingerprint density at radius 2 is 2.17 bits per heavy atom. The number of allylic oxidation sites excluding steroid dienone is 3. The van der Waals surface area contributed by atoms with Crippen molar-refractivity contribution in [3.05, 3.63) is 23.5 Å². The smallest absolute Gasteiger partial charge is 0.130 e. The average molecular weight is 162 g/mol. The van der Waals surface area contributed by atoms with E-state index in [1.807, 2.05) is 6.92 Å². The summed E-state index contributed by atoms with van der Waals surface area (Å²) in [5.41, 5.74) is 1.05. The van der Waals surface area contributed by atoms with Crippen LogP contribution in [0.5, 0.6) is 0 Å². The summed E-state index contributed by atoms with van der Waals surface area (Å²) >= 11 is 0. The molecule has 1 heteroatoms. The molecule has 0 aliphatic heterocycles. The zero-order valence-electron chi connectivity index (χ0n) is 7.68. The van der Waals surface area contributed by atoms with Crippen molar-refractivity contribution in [2.45, 2.75) is 26.2 Å². The van der Waals surface area contributed by atoms with Crippen molar-refractivity contribution in [2.24, 2.45) is 0 Å². The summed E-state index contributed by atoms with van der Waals surface area (Å²) in [5, 5.41) is 0. The quantitative estimate of drug-likeness (QED) is 0.538. The highest BCUT2D eigenvalue weighted by Gasteiger charge is 2.05. The molecule has 0 amide bonds. The minimum Gasteiger partial charge on any atom is -0.496 e. The number of rotatable bonds is 1. The second kappa shape index (κ2) is 4.66. The summed E-state index contributed by atoms with van der Waals surface area (Å²) < 4.78 is 5.19. The molecular weight excluding hydrogens is 148 g/mol. The van der Waals surface area contributed by atoms with Gasteiger partial charge in [0.2, 0.25) is 0 Å². The molecule has 0 aromatic carbocycles. The van der Waals surface area contributed by atoms with E-state index in [0.29, 0.717) is 0 Å². The highest BCUT2D eigenvalue weighted by molar-refractivity contribution is 5.44. The Morgan fingerprint density at radius 1 is 1.42 bits per heavy atom. The molecule has 0 atom stereocenters. The van der Waals surface area contributed by atoms with Crippen LogP contribution in [0.15, 0.2) is 23.5 Å². The lowest BCUT2D eigenvalue weighted by Gasteiger charge is -2.09. The highest BCUT2D eigenvalue weighted by Crippen LogP contribution is 2.17. The van der Waals surface area contributed by atoms with E-state index in [-0.39, 0.29) is 0 Å². The van der Waals surface area contributed by atoms with Crippen LogP contribution in [0, 0.1) is 11.8 Å². The Bertz CT molecular complexity index is 260. The average Bonchev–Trinajstić information content (AvgIpc) is 2.15. The van der Waals surface area contributed by atoms with Gasteiger partial charge in [0.1, 0.15) is 5.76 Å². The lowest BCUT2D eigenvalue weighted by molar-refractivity contribution is 0.300. The molecule has 0 unspecified atom stereocenters. The molecule has 0 aromatic rings. The molecule has 0 saturated carbocycles. The number of hydrogen-bond donors (Lipinski definition) is 0. The molecule has 1 aliphatic rings. The number of methoxy groups -OCH3 is 1. The fourth-order valence-corrected chi connectivity index (χ4v) is 1.14. The summed E-state index contributed by atoms with van der Waals surface area (Å²) in [4.78, 5) is 0. The van der Waals surface area contributed by atoms with E-state index in [1.54, 1.807) is 7.11 Å². The predicted octanol–water partition coefficient (Wildman–Crippen LogP) is 2.65. The first-order chi connectivity index (χ1) is 5.88. The monoisotopic (exact) mass is 162 g/mol. The van der Waals surface area contributed by atoms with E-state index in [1.165, 1.54) is 0 Å². The maximum atomic E-state index is 5.19. The number of ether oxygens (including phenoxy) is 1. The summed E-state index contributed by atoms with van der Waals surface area (Å²) in [5.74, 6) is 7.07. The fourth-order valence-electron chi connectivity index (χ4n) is 1.14. The second-order valence-electron chi connectivity index (χ2n) is 2.62. The molecule has 1 aliphatic carbocycles. The van der Waals surface area contributed by atoms with Crippen LogP contribution in [0.2, 0.25) is 0 Å². The van der Waals surface area contributed by atoms with Crippen molar-refractivity contribution in [1.82, 2.24) is 0 Å². The molecule has 0 bridgehead atoms. The minimum atomic E-state index is 0.897. The van der Waals surface area contributed by atoms with E-state index in [9.17, 15) is 0 Å². The Balaban J connectivity index is 2.73. The minimum absolute atomic E-state index is 0.897. The molecule has 0 N–H and O–H groups in total. The Labute approximate surface area is 74.1 Å². The van der Waals surface area contributed by atoms with Gasteiger partial charge in [-0.2, -0.15) is 0 Å². The maximum absolute atomic E-state index is 5.19. The predicted molar refractivity (Wildman–Crippen MR) is 50.5 cm³/mol. The summed E-state index contributed by atoms with van der Waals surface area (Å²) in [6.45, 7) is 2.05. The van der Waals surface area contributed by atoms with Gasteiger partial charge in [0.25, 0.3) is 0 Å². The third-order valence-electron chi connectivity index (χ3n) is 1.73. The van der Waals surface area contributed by atoms with Crippen LogP contribution in [0.1, 0.15) is 26.2 Å². The number of hydrogen-bond acceptors (Lipinski definition) is 1. The SMILES string of the molecule is CCC#CC1=CCCC=C1OC. The fraction of sp³-hybridized carbons (Fsp3) is 0.455. The first kappa shape index (κ1) is 8.93. The van der Waals surface area contributed by atoms with Crippen LogP contribution in [-0.4, -0.2) is 7.11 Å². The van der Waals surface area contributed by atoms with Crippen LogP contribution >= 0.6 is 0 Å². The van der Waals surface area contributed by atoms with Crippen molar-refractivity contribution in [3.63, 3.8) is 0 Å². The Kier molecular flexibility index (Phi) is 3.47. The first-order valence-corrected chi connectivity index (χ1v) is 4.32. The van der Waals surface area contributed by atoms with Crippen LogP contribution < -0.4 is 0 Å². The zero-order valence-corrected chi connectivity index (χ0v) is 7.68. The molecule has 12 heavy (non-hydrogen) atoms. The molecule has 0 heterocycles. The topological polar surface area (TPSA) is 9.23 Å². The van der Waals surface area contributed by atoms with Gasteiger partial charge in [0.15, 0.2) is 0 Å². The molecule has 0 fully saturated rings. The van der Waals surface area contributed by atoms with Crippen LogP contribution in [-0.2, 0) is 4.74 Å². The first-order valence-electron chi connectivity index (χ1n) is 4.32. The van der Waals surface area contributed by atoms with Crippen LogP contribution in [0.25, 0.3) is 0 Å². The summed E-state index contributed by atoms with van der Waals surface area (Å²) in [6.07, 6.45) is 7.29. The third kappa shape index (κ3) is 2.17. The zero-order chi connectivity index (χ0) is 8.81. The Hall–Kier alpha value is -1.16. The van der Waals surface area contributed by atoms with Gasteiger partial charge in [-0.15, -0.1) is 0 Å². The van der Waals surface area contributed by atoms with Gasteiger partial charge in [0.05, 0.1) is 12.7 Å². The van der Waals surface area contributed by atoms with E-state index < -0.39 is 0 Å². The van der Waals surface area contributed by atoms with Crippen molar-refractivity contribution in [2.75, 3.05) is 7.11 Å². The lowest BCUT2D eigenvalue weighted by atomic mass is 10.1. The molecule has 0 saturated heterocycles. The Morgan fingerprint density at radius 3 is 2.83 bits per heavy atom. The molecular formula is C11H14O. The molecule has 1 nitrogen and oxygen atoms in total. The molecule has 0 radical (unpaired) electrons. The van der Waals surface area contributed by atoms with Gasteiger partial charge < -0.3 is 4.74 Å². The molecule has 1 rings (SSSR count). The van der Waals surface area contributed by atoms with Gasteiger partial charge in [-0.25, -0.2) is 0 Å². The standard InChI is InChI=1S/C11H14O/c1-3-4-7-10-8-5-6-9-11(10)12-2/h8-9H,3,5-6H2,1-2H3. The van der Waals surface area contributed by atoms with Crippen LogP contribution in [0.4, 0.5) is 0 Å². The van der Waals surface area contributed by atoms with E-state index in [4.69, 9.17) is 4.74 Å². The van der Waals surface area contributed by atoms with E-state index in [2.05, 4.69) is 24.0 Å². The molecule has 0 aromatic heterocycles. The van der Waals surface area contributed by atoms with Crippen molar-refractivity contribution < 1.29 is 4.74 Å². The summed E-state index contributed by atoms with van der Waals surface area (Å²) in [7, 11) is 1.69. The normalized spacial score (nSPS) is 15.5. The van der Waals surface area contributed by atoms with Gasteiger partial charge >= 0.3 is 0 Å². The van der Waals surface area contributed by atoms with Crippen molar-refractivity contribution in [3.8, 4) is 11.8 Å². The lowest BCUT2D eigenvalue weighted by Crippen LogP contribution is -1.95. The summed E-state index contributed by atoms with van der Waals surface area (Å²) in [6, 6.07) is 0. The van der Waals surface area contributed by atoms with Gasteiger partial charge in [-0.1, -0.05) is 24.8 Å². The highest BCUT2D eigenvalue weighted by atomic mass is 16.5. The van der Waals surface area contributed by atoms with Crippen LogP contribution in [0.3, 0.4) is 0 Å². The molecule has 0 spiro atoms. The van der Waals surface area contributed by atoms with Crippen molar-refractivity contribution in [1.29, 1.82) is 0 Å².